The summed E-state index contributed by atoms with van der Waals surface area (Å²) in [6.07, 6.45) is 0. The van der Waals surface area contributed by atoms with Crippen molar-refractivity contribution in [3.8, 4) is 0 Å². The fraction of sp³-hybridized carbons (Fsp3) is 0.400. The molecular weight excluding hydrogens is 331 g/mol. The first kappa shape index (κ1) is 11.0. The van der Waals surface area contributed by atoms with Crippen molar-refractivity contribution < 1.29 is 4.74 Å². The largest absolute Gasteiger partial charge is 0.379 e. The highest BCUT2D eigenvalue weighted by Crippen LogP contribution is 2.27. The zero-order chi connectivity index (χ0) is 9.97. The molecule has 0 amide bonds. The van der Waals surface area contributed by atoms with Gasteiger partial charge in [-0.15, -0.1) is 11.8 Å². The van der Waals surface area contributed by atoms with Crippen molar-refractivity contribution in [3.05, 3.63) is 32.4 Å². The Balaban J connectivity index is 1.96. The van der Waals surface area contributed by atoms with Gasteiger partial charge >= 0.3 is 0 Å². The zero-order valence-electron chi connectivity index (χ0n) is 7.50. The zero-order valence-corrected chi connectivity index (χ0v) is 11.2. The van der Waals surface area contributed by atoms with E-state index in [-0.39, 0.29) is 0 Å². The molecule has 1 aromatic rings. The summed E-state index contributed by atoms with van der Waals surface area (Å²) < 4.78 is 6.42. The summed E-state index contributed by atoms with van der Waals surface area (Å²) in [5, 5.41) is 1.51. The van der Waals surface area contributed by atoms with Crippen molar-refractivity contribution in [1.82, 2.24) is 0 Å². The van der Waals surface area contributed by atoms with Crippen LogP contribution in [-0.2, 0) is 10.5 Å². The average molecular weight is 341 g/mol. The van der Waals surface area contributed by atoms with Crippen molar-refractivity contribution >= 4 is 46.0 Å². The van der Waals surface area contributed by atoms with Gasteiger partial charge in [-0.05, 0) is 46.4 Å². The number of ether oxygens (including phenoxy) is 1. The molecule has 0 unspecified atom stereocenters. The lowest BCUT2D eigenvalue weighted by Crippen LogP contribution is -2.30. The van der Waals surface area contributed by atoms with E-state index in [9.17, 15) is 0 Å². The number of halogens is 2. The molecule has 14 heavy (non-hydrogen) atoms. The number of thioether (sulfide) groups is 1. The number of hydrogen-bond acceptors (Lipinski definition) is 2. The third-order valence-electron chi connectivity index (χ3n) is 2.09. The summed E-state index contributed by atoms with van der Waals surface area (Å²) in [7, 11) is 0. The minimum atomic E-state index is 0.685. The van der Waals surface area contributed by atoms with Gasteiger partial charge < -0.3 is 4.74 Å². The van der Waals surface area contributed by atoms with Gasteiger partial charge in [-0.3, -0.25) is 0 Å². The minimum absolute atomic E-state index is 0.685. The Morgan fingerprint density at radius 1 is 1.50 bits per heavy atom. The molecule has 1 aliphatic rings. The van der Waals surface area contributed by atoms with Gasteiger partial charge in [-0.2, -0.15) is 0 Å². The van der Waals surface area contributed by atoms with Gasteiger partial charge in [0.1, 0.15) is 0 Å². The Bertz CT molecular complexity index is 328. The normalized spacial score (nSPS) is 16.7. The lowest BCUT2D eigenvalue weighted by atomic mass is 10.2. The second kappa shape index (κ2) is 5.05. The van der Waals surface area contributed by atoms with Crippen molar-refractivity contribution in [3.63, 3.8) is 0 Å². The van der Waals surface area contributed by atoms with Crippen LogP contribution < -0.4 is 0 Å². The van der Waals surface area contributed by atoms with Crippen LogP contribution >= 0.6 is 46.0 Å². The maximum atomic E-state index is 5.94. The highest BCUT2D eigenvalue weighted by molar-refractivity contribution is 14.1. The highest BCUT2D eigenvalue weighted by atomic mass is 127. The summed E-state index contributed by atoms with van der Waals surface area (Å²) >= 11 is 10.2. The van der Waals surface area contributed by atoms with Crippen molar-refractivity contribution in [2.45, 2.75) is 11.0 Å². The van der Waals surface area contributed by atoms with E-state index in [1.807, 2.05) is 17.8 Å². The molecule has 0 N–H and O–H groups in total. The van der Waals surface area contributed by atoms with E-state index in [1.165, 1.54) is 9.13 Å². The van der Waals surface area contributed by atoms with Gasteiger partial charge in [-0.1, -0.05) is 11.6 Å². The molecule has 0 bridgehead atoms. The molecule has 0 aliphatic carbocycles. The molecule has 4 heteroatoms. The SMILES string of the molecule is Clc1ccc(I)c(CSC2COC2)c1. The maximum Gasteiger partial charge on any atom is 0.0608 e. The van der Waals surface area contributed by atoms with Gasteiger partial charge in [0.15, 0.2) is 0 Å². The summed E-state index contributed by atoms with van der Waals surface area (Å²) in [5.41, 5.74) is 1.33. The molecule has 1 fully saturated rings. The fourth-order valence-electron chi connectivity index (χ4n) is 1.17. The van der Waals surface area contributed by atoms with Gasteiger partial charge in [0, 0.05) is 14.3 Å². The lowest BCUT2D eigenvalue weighted by Gasteiger charge is -2.25. The van der Waals surface area contributed by atoms with Gasteiger partial charge in [0.25, 0.3) is 0 Å². The molecule has 76 valence electrons. The third-order valence-corrected chi connectivity index (χ3v) is 4.60. The molecular formula is C10H10ClIOS. The van der Waals surface area contributed by atoms with Gasteiger partial charge in [0.05, 0.1) is 18.5 Å². The molecule has 0 radical (unpaired) electrons. The van der Waals surface area contributed by atoms with Gasteiger partial charge in [-0.25, -0.2) is 0 Å². The number of rotatable bonds is 3. The molecule has 1 aliphatic heterocycles. The summed E-state index contributed by atoms with van der Waals surface area (Å²) in [5.74, 6) is 1.03. The summed E-state index contributed by atoms with van der Waals surface area (Å²) in [6, 6.07) is 6.05. The molecule has 2 rings (SSSR count). The molecule has 0 saturated carbocycles. The van der Waals surface area contributed by atoms with Crippen LogP contribution in [-0.4, -0.2) is 18.5 Å². The van der Waals surface area contributed by atoms with E-state index in [0.29, 0.717) is 5.25 Å². The first-order chi connectivity index (χ1) is 6.75. The molecule has 1 saturated heterocycles. The second-order valence-electron chi connectivity index (χ2n) is 3.21. The molecule has 0 aromatic heterocycles. The molecule has 0 spiro atoms. The van der Waals surface area contributed by atoms with Crippen LogP contribution in [0.15, 0.2) is 18.2 Å². The molecule has 0 atom stereocenters. The van der Waals surface area contributed by atoms with Crippen LogP contribution in [0.4, 0.5) is 0 Å². The Labute approximate surface area is 107 Å². The first-order valence-corrected chi connectivity index (χ1v) is 6.89. The minimum Gasteiger partial charge on any atom is -0.379 e. The number of hydrogen-bond donors (Lipinski definition) is 0. The van der Waals surface area contributed by atoms with Crippen molar-refractivity contribution in [2.75, 3.05) is 13.2 Å². The second-order valence-corrected chi connectivity index (χ2v) is 6.09. The number of benzene rings is 1. The predicted molar refractivity (Wildman–Crippen MR) is 70.1 cm³/mol. The average Bonchev–Trinajstić information content (AvgIpc) is 2.08. The highest BCUT2D eigenvalue weighted by Gasteiger charge is 2.18. The van der Waals surface area contributed by atoms with Crippen LogP contribution in [0.1, 0.15) is 5.56 Å². The van der Waals surface area contributed by atoms with Crippen LogP contribution in [0.2, 0.25) is 5.02 Å². The summed E-state index contributed by atoms with van der Waals surface area (Å²) in [6.45, 7) is 1.81. The van der Waals surface area contributed by atoms with E-state index in [4.69, 9.17) is 16.3 Å². The predicted octanol–water partition coefficient (Wildman–Crippen LogP) is 3.58. The summed E-state index contributed by atoms with van der Waals surface area (Å²) in [4.78, 5) is 0. The lowest BCUT2D eigenvalue weighted by molar-refractivity contribution is 0.0455. The van der Waals surface area contributed by atoms with Crippen LogP contribution in [0.3, 0.4) is 0 Å². The van der Waals surface area contributed by atoms with Gasteiger partial charge in [0.2, 0.25) is 0 Å². The Hall–Kier alpha value is 0.550. The standard InChI is InChI=1S/C10H10ClIOS/c11-8-1-2-10(12)7(3-8)6-14-9-4-13-5-9/h1-3,9H,4-6H2. The van der Waals surface area contributed by atoms with E-state index in [0.717, 1.165) is 24.0 Å². The first-order valence-electron chi connectivity index (χ1n) is 4.39. The van der Waals surface area contributed by atoms with E-state index >= 15 is 0 Å². The van der Waals surface area contributed by atoms with Crippen molar-refractivity contribution in [2.24, 2.45) is 0 Å². The molecule has 1 aromatic carbocycles. The van der Waals surface area contributed by atoms with E-state index in [1.54, 1.807) is 0 Å². The van der Waals surface area contributed by atoms with Crippen LogP contribution in [0.25, 0.3) is 0 Å². The topological polar surface area (TPSA) is 9.23 Å². The molecule has 1 nitrogen and oxygen atoms in total. The quantitative estimate of drug-likeness (QED) is 0.778. The van der Waals surface area contributed by atoms with E-state index in [2.05, 4.69) is 34.7 Å². The van der Waals surface area contributed by atoms with E-state index < -0.39 is 0 Å². The monoisotopic (exact) mass is 340 g/mol. The molecule has 1 heterocycles. The third kappa shape index (κ3) is 2.78. The van der Waals surface area contributed by atoms with Crippen molar-refractivity contribution in [1.29, 1.82) is 0 Å². The van der Waals surface area contributed by atoms with Crippen LogP contribution in [0.5, 0.6) is 0 Å². The Kier molecular flexibility index (Phi) is 3.99. The Morgan fingerprint density at radius 3 is 2.93 bits per heavy atom. The van der Waals surface area contributed by atoms with Crippen LogP contribution in [0, 0.1) is 3.57 Å². The maximum absolute atomic E-state index is 5.94. The Morgan fingerprint density at radius 2 is 2.29 bits per heavy atom. The smallest absolute Gasteiger partial charge is 0.0608 e. The fourth-order valence-corrected chi connectivity index (χ4v) is 3.19.